The molecule has 1 atom stereocenters. The maximum absolute atomic E-state index is 4.72. The predicted octanol–water partition coefficient (Wildman–Crippen LogP) is 4.16. The van der Waals surface area contributed by atoms with Crippen molar-refractivity contribution in [1.29, 1.82) is 0 Å². The van der Waals surface area contributed by atoms with Crippen LogP contribution in [0.4, 0.5) is 0 Å². The Morgan fingerprint density at radius 2 is 1.90 bits per heavy atom. The Balaban J connectivity index is 1.84. The Morgan fingerprint density at radius 3 is 2.50 bits per heavy atom. The molecule has 2 nitrogen and oxygen atoms in total. The van der Waals surface area contributed by atoms with Gasteiger partial charge < -0.3 is 5.32 Å². The van der Waals surface area contributed by atoms with E-state index >= 15 is 0 Å². The molecule has 3 heteroatoms. The second-order valence-electron chi connectivity index (χ2n) is 6.35. The smallest absolute Gasteiger partial charge is 0.107 e. The van der Waals surface area contributed by atoms with E-state index in [-0.39, 0.29) is 5.41 Å². The molecule has 1 unspecified atom stereocenters. The highest BCUT2D eigenvalue weighted by molar-refractivity contribution is 7.09. The molecule has 0 fully saturated rings. The standard InChI is InChI=1S/C17H24N2S/c1-13(10-14-8-6-5-7-9-14)18-11-16-19-15(12-20-16)17(2,3)4/h5-9,12-13,18H,10-11H2,1-4H3. The van der Waals surface area contributed by atoms with Gasteiger partial charge in [0, 0.05) is 23.4 Å². The fourth-order valence-corrected chi connectivity index (χ4v) is 3.01. The largest absolute Gasteiger partial charge is 0.308 e. The molecule has 2 aromatic rings. The van der Waals surface area contributed by atoms with Gasteiger partial charge in [-0.25, -0.2) is 4.98 Å². The highest BCUT2D eigenvalue weighted by Gasteiger charge is 2.17. The molecule has 20 heavy (non-hydrogen) atoms. The Hall–Kier alpha value is -1.19. The number of thiazole rings is 1. The summed E-state index contributed by atoms with van der Waals surface area (Å²) < 4.78 is 0. The van der Waals surface area contributed by atoms with Crippen LogP contribution >= 0.6 is 11.3 Å². The third kappa shape index (κ3) is 4.43. The van der Waals surface area contributed by atoms with E-state index in [1.54, 1.807) is 11.3 Å². The monoisotopic (exact) mass is 288 g/mol. The van der Waals surface area contributed by atoms with Gasteiger partial charge in [0.15, 0.2) is 0 Å². The van der Waals surface area contributed by atoms with E-state index in [9.17, 15) is 0 Å². The first-order chi connectivity index (χ1) is 9.45. The van der Waals surface area contributed by atoms with Crippen LogP contribution in [0.3, 0.4) is 0 Å². The fourth-order valence-electron chi connectivity index (χ4n) is 2.04. The lowest BCUT2D eigenvalue weighted by atomic mass is 9.93. The molecule has 2 rings (SSSR count). The van der Waals surface area contributed by atoms with Crippen LogP contribution in [-0.4, -0.2) is 11.0 Å². The summed E-state index contributed by atoms with van der Waals surface area (Å²) in [5.74, 6) is 0. The van der Waals surface area contributed by atoms with Crippen molar-refractivity contribution < 1.29 is 0 Å². The van der Waals surface area contributed by atoms with Crippen LogP contribution in [0.15, 0.2) is 35.7 Å². The molecule has 1 aromatic heterocycles. The van der Waals surface area contributed by atoms with Crippen molar-refractivity contribution in [3.8, 4) is 0 Å². The maximum atomic E-state index is 4.72. The van der Waals surface area contributed by atoms with Crippen molar-refractivity contribution in [3.05, 3.63) is 52.0 Å². The van der Waals surface area contributed by atoms with E-state index in [1.807, 2.05) is 0 Å². The van der Waals surface area contributed by atoms with Crippen LogP contribution in [0.25, 0.3) is 0 Å². The second-order valence-corrected chi connectivity index (χ2v) is 7.29. The van der Waals surface area contributed by atoms with Crippen LogP contribution in [-0.2, 0) is 18.4 Å². The van der Waals surface area contributed by atoms with Gasteiger partial charge in [-0.1, -0.05) is 51.1 Å². The van der Waals surface area contributed by atoms with Crippen molar-refractivity contribution in [1.82, 2.24) is 10.3 Å². The SMILES string of the molecule is CC(Cc1ccccc1)NCc1nc(C(C)(C)C)cs1. The molecular weight excluding hydrogens is 264 g/mol. The summed E-state index contributed by atoms with van der Waals surface area (Å²) in [5, 5.41) is 6.92. The van der Waals surface area contributed by atoms with Crippen molar-refractivity contribution in [2.24, 2.45) is 0 Å². The van der Waals surface area contributed by atoms with E-state index in [2.05, 4.69) is 68.7 Å². The average molecular weight is 288 g/mol. The number of nitrogens with one attached hydrogen (secondary N) is 1. The number of benzene rings is 1. The molecule has 0 aliphatic heterocycles. The number of hydrogen-bond acceptors (Lipinski definition) is 3. The molecule has 108 valence electrons. The molecule has 0 amide bonds. The summed E-state index contributed by atoms with van der Waals surface area (Å²) >= 11 is 1.75. The summed E-state index contributed by atoms with van der Waals surface area (Å²) in [7, 11) is 0. The first-order valence-electron chi connectivity index (χ1n) is 7.17. The van der Waals surface area contributed by atoms with Crippen LogP contribution in [0.5, 0.6) is 0 Å². The molecule has 1 N–H and O–H groups in total. The molecule has 0 bridgehead atoms. The highest BCUT2D eigenvalue weighted by atomic mass is 32.1. The van der Waals surface area contributed by atoms with Crippen molar-refractivity contribution >= 4 is 11.3 Å². The Kier molecular flexibility index (Phi) is 4.95. The number of rotatable bonds is 5. The molecule has 0 aliphatic carbocycles. The van der Waals surface area contributed by atoms with Gasteiger partial charge in [-0.05, 0) is 18.9 Å². The molecule has 0 saturated carbocycles. The van der Waals surface area contributed by atoms with Gasteiger partial charge in [0.05, 0.1) is 5.69 Å². The molecule has 0 spiro atoms. The summed E-state index contributed by atoms with van der Waals surface area (Å²) in [6.45, 7) is 9.70. The minimum atomic E-state index is 0.143. The maximum Gasteiger partial charge on any atom is 0.107 e. The van der Waals surface area contributed by atoms with E-state index in [1.165, 1.54) is 16.3 Å². The van der Waals surface area contributed by atoms with Crippen LogP contribution in [0.2, 0.25) is 0 Å². The number of hydrogen-bond donors (Lipinski definition) is 1. The number of aromatic nitrogens is 1. The van der Waals surface area contributed by atoms with Crippen molar-refractivity contribution in [3.63, 3.8) is 0 Å². The molecule has 0 aliphatic rings. The van der Waals surface area contributed by atoms with Gasteiger partial charge in [-0.3, -0.25) is 0 Å². The van der Waals surface area contributed by atoms with Crippen LogP contribution < -0.4 is 5.32 Å². The first kappa shape index (κ1) is 15.2. The highest BCUT2D eigenvalue weighted by Crippen LogP contribution is 2.23. The van der Waals surface area contributed by atoms with Gasteiger partial charge >= 0.3 is 0 Å². The lowest BCUT2D eigenvalue weighted by Crippen LogP contribution is -2.27. The first-order valence-corrected chi connectivity index (χ1v) is 8.05. The second kappa shape index (κ2) is 6.51. The third-order valence-electron chi connectivity index (χ3n) is 3.31. The predicted molar refractivity (Wildman–Crippen MR) is 87.3 cm³/mol. The average Bonchev–Trinajstić information content (AvgIpc) is 2.86. The quantitative estimate of drug-likeness (QED) is 0.893. The minimum absolute atomic E-state index is 0.143. The Bertz CT molecular complexity index is 525. The lowest BCUT2D eigenvalue weighted by Gasteiger charge is -2.15. The topological polar surface area (TPSA) is 24.9 Å². The fraction of sp³-hybridized carbons (Fsp3) is 0.471. The van der Waals surface area contributed by atoms with E-state index < -0.39 is 0 Å². The molecular formula is C17H24N2S. The van der Waals surface area contributed by atoms with Gasteiger partial charge in [0.1, 0.15) is 5.01 Å². The van der Waals surface area contributed by atoms with Gasteiger partial charge in [-0.15, -0.1) is 11.3 Å². The summed E-state index contributed by atoms with van der Waals surface area (Å²) in [5.41, 5.74) is 2.71. The number of nitrogens with zero attached hydrogens (tertiary/aromatic N) is 1. The minimum Gasteiger partial charge on any atom is -0.308 e. The summed E-state index contributed by atoms with van der Waals surface area (Å²) in [6, 6.07) is 11.1. The Labute approximate surface area is 126 Å². The van der Waals surface area contributed by atoms with Gasteiger partial charge in [0.2, 0.25) is 0 Å². The summed E-state index contributed by atoms with van der Waals surface area (Å²) in [4.78, 5) is 4.72. The normalized spacial score (nSPS) is 13.4. The van der Waals surface area contributed by atoms with Crippen molar-refractivity contribution in [2.45, 2.75) is 52.1 Å². The third-order valence-corrected chi connectivity index (χ3v) is 4.16. The van der Waals surface area contributed by atoms with E-state index in [0.29, 0.717) is 6.04 Å². The molecule has 1 aromatic carbocycles. The van der Waals surface area contributed by atoms with Gasteiger partial charge in [0.25, 0.3) is 0 Å². The van der Waals surface area contributed by atoms with Gasteiger partial charge in [-0.2, -0.15) is 0 Å². The molecule has 0 radical (unpaired) electrons. The zero-order chi connectivity index (χ0) is 14.6. The summed E-state index contributed by atoms with van der Waals surface area (Å²) in [6.07, 6.45) is 1.05. The zero-order valence-corrected chi connectivity index (χ0v) is 13.6. The Morgan fingerprint density at radius 1 is 1.20 bits per heavy atom. The molecule has 0 saturated heterocycles. The molecule has 1 heterocycles. The van der Waals surface area contributed by atoms with Crippen LogP contribution in [0, 0.1) is 0 Å². The van der Waals surface area contributed by atoms with Crippen molar-refractivity contribution in [2.75, 3.05) is 0 Å². The van der Waals surface area contributed by atoms with Crippen LogP contribution in [0.1, 0.15) is 44.0 Å². The van der Waals surface area contributed by atoms with E-state index in [0.717, 1.165) is 13.0 Å². The lowest BCUT2D eigenvalue weighted by molar-refractivity contribution is 0.537. The van der Waals surface area contributed by atoms with E-state index in [4.69, 9.17) is 4.98 Å². The zero-order valence-electron chi connectivity index (χ0n) is 12.8.